The van der Waals surface area contributed by atoms with Gasteiger partial charge in [0.1, 0.15) is 23.1 Å². The van der Waals surface area contributed by atoms with Crippen molar-refractivity contribution in [3.05, 3.63) is 162 Å². The first kappa shape index (κ1) is 29.4. The highest BCUT2D eigenvalue weighted by molar-refractivity contribution is 6.23. The van der Waals surface area contributed by atoms with Gasteiger partial charge in [0.05, 0.1) is 19.9 Å². The summed E-state index contributed by atoms with van der Waals surface area (Å²) >= 11 is 0. The molecule has 0 aliphatic carbocycles. The van der Waals surface area contributed by atoms with E-state index in [0.717, 1.165) is 16.7 Å². The Hall–Kier alpha value is -5.69. The fraction of sp³-hybridized carbons (Fsp3) is 0.132. The van der Waals surface area contributed by atoms with Gasteiger partial charge >= 0.3 is 6.03 Å². The number of hydrogen-bond donors (Lipinski definition) is 0. The third-order valence-corrected chi connectivity index (χ3v) is 8.27. The Balaban J connectivity index is 1.59. The van der Waals surface area contributed by atoms with Crippen LogP contribution in [-0.2, 0) is 10.3 Å². The van der Waals surface area contributed by atoms with Gasteiger partial charge < -0.3 is 9.47 Å². The van der Waals surface area contributed by atoms with E-state index in [0.29, 0.717) is 22.7 Å². The summed E-state index contributed by atoms with van der Waals surface area (Å²) in [6.07, 6.45) is -0.224. The Morgan fingerprint density at radius 3 is 1.47 bits per heavy atom. The molecule has 7 nitrogen and oxygen atoms in total. The van der Waals surface area contributed by atoms with Crippen LogP contribution in [-0.4, -0.2) is 42.9 Å². The number of rotatable bonds is 10. The molecule has 5 aromatic carbocycles. The van der Waals surface area contributed by atoms with E-state index in [-0.39, 0.29) is 12.2 Å². The Bertz CT molecular complexity index is 1690. The molecule has 0 radical (unpaired) electrons. The van der Waals surface area contributed by atoms with Crippen molar-refractivity contribution in [2.45, 2.75) is 18.0 Å². The first-order chi connectivity index (χ1) is 22.0. The normalized spacial score (nSPS) is 14.8. The summed E-state index contributed by atoms with van der Waals surface area (Å²) in [7, 11) is 3.11. The van der Waals surface area contributed by atoms with Crippen molar-refractivity contribution in [2.24, 2.45) is 0 Å². The van der Waals surface area contributed by atoms with Crippen molar-refractivity contribution >= 4 is 23.4 Å². The van der Waals surface area contributed by atoms with E-state index < -0.39 is 23.5 Å². The summed E-state index contributed by atoms with van der Waals surface area (Å²) in [5.74, 6) is 0.447. The van der Waals surface area contributed by atoms with Crippen molar-refractivity contribution in [3.63, 3.8) is 0 Å². The molecule has 1 fully saturated rings. The molecule has 1 heterocycles. The average molecular weight is 597 g/mol. The summed E-state index contributed by atoms with van der Waals surface area (Å²) in [5, 5.41) is 0. The zero-order valence-electron chi connectivity index (χ0n) is 25.0. The summed E-state index contributed by atoms with van der Waals surface area (Å²) in [6, 6.07) is 40.8. The maximum absolute atomic E-state index is 14.9. The number of ether oxygens (including phenoxy) is 2. The number of ketones is 1. The van der Waals surface area contributed by atoms with E-state index in [2.05, 4.69) is 0 Å². The molecule has 1 aliphatic rings. The highest BCUT2D eigenvalue weighted by Gasteiger charge is 2.57. The topological polar surface area (TPSA) is 76.1 Å². The van der Waals surface area contributed by atoms with Crippen molar-refractivity contribution in [3.8, 4) is 11.5 Å². The lowest BCUT2D eigenvalue weighted by atomic mass is 9.75. The Morgan fingerprint density at radius 1 is 0.622 bits per heavy atom. The van der Waals surface area contributed by atoms with E-state index in [1.54, 1.807) is 67.7 Å². The number of anilines is 1. The molecule has 0 saturated carbocycles. The summed E-state index contributed by atoms with van der Waals surface area (Å²) in [5.41, 5.74) is 1.88. The third-order valence-electron chi connectivity index (χ3n) is 8.27. The summed E-state index contributed by atoms with van der Waals surface area (Å²) in [4.78, 5) is 46.1. The standard InChI is InChI=1S/C38H32N2O5/c1-44-32-22-18-27(19-23-32)35(41)26-34-36(42)39(31-20-24-33(45-2)25-21-31)37(43)40(34)38(28-12-6-3-7-13-28,29-14-8-4-9-15-29)30-16-10-5-11-17-30/h3-25,34H,26H2,1-2H3. The van der Waals surface area contributed by atoms with Gasteiger partial charge in [-0.1, -0.05) is 91.0 Å². The molecule has 224 valence electrons. The maximum Gasteiger partial charge on any atom is 0.333 e. The number of carbonyl (C=O) groups excluding carboxylic acids is 3. The highest BCUT2D eigenvalue weighted by Crippen LogP contribution is 2.47. The number of carbonyl (C=O) groups is 3. The fourth-order valence-corrected chi connectivity index (χ4v) is 6.15. The molecule has 1 saturated heterocycles. The molecule has 1 aliphatic heterocycles. The lowest BCUT2D eigenvalue weighted by Gasteiger charge is -2.45. The van der Waals surface area contributed by atoms with Gasteiger partial charge in [-0.2, -0.15) is 0 Å². The molecule has 0 aromatic heterocycles. The monoisotopic (exact) mass is 596 g/mol. The van der Waals surface area contributed by atoms with Crippen LogP contribution < -0.4 is 14.4 Å². The molecule has 1 unspecified atom stereocenters. The number of hydrogen-bond acceptors (Lipinski definition) is 5. The van der Waals surface area contributed by atoms with Crippen LogP contribution in [0.4, 0.5) is 10.5 Å². The number of imide groups is 1. The molecule has 0 N–H and O–H groups in total. The molecule has 7 heteroatoms. The van der Waals surface area contributed by atoms with E-state index >= 15 is 0 Å². The van der Waals surface area contributed by atoms with E-state index in [1.807, 2.05) is 91.0 Å². The Morgan fingerprint density at radius 2 is 1.04 bits per heavy atom. The molecule has 3 amide bonds. The first-order valence-corrected chi connectivity index (χ1v) is 14.6. The van der Waals surface area contributed by atoms with Gasteiger partial charge in [0.15, 0.2) is 5.78 Å². The van der Waals surface area contributed by atoms with Crippen molar-refractivity contribution in [1.82, 2.24) is 4.90 Å². The molecular formula is C38H32N2O5. The number of methoxy groups -OCH3 is 2. The van der Waals surface area contributed by atoms with Crippen LogP contribution in [0.5, 0.6) is 11.5 Å². The molecule has 45 heavy (non-hydrogen) atoms. The van der Waals surface area contributed by atoms with Crippen LogP contribution in [0.3, 0.4) is 0 Å². The second-order valence-electron chi connectivity index (χ2n) is 10.7. The predicted octanol–water partition coefficient (Wildman–Crippen LogP) is 7.11. The zero-order chi connectivity index (χ0) is 31.4. The number of nitrogens with zero attached hydrogens (tertiary/aromatic N) is 2. The highest BCUT2D eigenvalue weighted by atomic mass is 16.5. The van der Waals surface area contributed by atoms with Gasteiger partial charge in [-0.15, -0.1) is 0 Å². The zero-order valence-corrected chi connectivity index (χ0v) is 25.0. The van der Waals surface area contributed by atoms with Gasteiger partial charge in [0.2, 0.25) is 0 Å². The van der Waals surface area contributed by atoms with Gasteiger partial charge in [-0.3, -0.25) is 14.5 Å². The van der Waals surface area contributed by atoms with Crippen LogP contribution in [0.25, 0.3) is 0 Å². The van der Waals surface area contributed by atoms with Gasteiger partial charge in [0.25, 0.3) is 5.91 Å². The number of urea groups is 1. The van der Waals surface area contributed by atoms with Gasteiger partial charge in [-0.25, -0.2) is 9.69 Å². The SMILES string of the molecule is COc1ccc(C(=O)CC2C(=O)N(c3ccc(OC)cc3)C(=O)N2C(c2ccccc2)(c2ccccc2)c2ccccc2)cc1. The van der Waals surface area contributed by atoms with Gasteiger partial charge in [-0.05, 0) is 65.2 Å². The molecule has 6 rings (SSSR count). The van der Waals surface area contributed by atoms with E-state index in [4.69, 9.17) is 9.47 Å². The second-order valence-corrected chi connectivity index (χ2v) is 10.7. The van der Waals surface area contributed by atoms with Crippen molar-refractivity contribution in [2.75, 3.05) is 19.1 Å². The van der Waals surface area contributed by atoms with Gasteiger partial charge in [0, 0.05) is 12.0 Å². The van der Waals surface area contributed by atoms with E-state index in [1.165, 1.54) is 4.90 Å². The van der Waals surface area contributed by atoms with E-state index in [9.17, 15) is 14.4 Å². The average Bonchev–Trinajstić information content (AvgIpc) is 3.35. The molecular weight excluding hydrogens is 564 g/mol. The van der Waals surface area contributed by atoms with Crippen LogP contribution in [0.15, 0.2) is 140 Å². The van der Waals surface area contributed by atoms with Crippen LogP contribution in [0, 0.1) is 0 Å². The predicted molar refractivity (Wildman–Crippen MR) is 173 cm³/mol. The van der Waals surface area contributed by atoms with Crippen LogP contribution in [0.2, 0.25) is 0 Å². The maximum atomic E-state index is 14.9. The third kappa shape index (κ3) is 5.23. The molecule has 0 bridgehead atoms. The molecule has 5 aromatic rings. The largest absolute Gasteiger partial charge is 0.497 e. The first-order valence-electron chi connectivity index (χ1n) is 14.6. The van der Waals surface area contributed by atoms with Crippen molar-refractivity contribution in [1.29, 1.82) is 0 Å². The quantitative estimate of drug-likeness (QED) is 0.0976. The number of Topliss-reactive ketones (excluding diaryl/α,β-unsaturated/α-hetero) is 1. The minimum Gasteiger partial charge on any atom is -0.497 e. The smallest absolute Gasteiger partial charge is 0.333 e. The lowest BCUT2D eigenvalue weighted by molar-refractivity contribution is -0.120. The van der Waals surface area contributed by atoms with Crippen molar-refractivity contribution < 1.29 is 23.9 Å². The number of amides is 3. The van der Waals surface area contributed by atoms with Crippen LogP contribution >= 0.6 is 0 Å². The molecule has 0 spiro atoms. The summed E-state index contributed by atoms with van der Waals surface area (Å²) < 4.78 is 10.6. The minimum absolute atomic E-state index is 0.224. The molecule has 1 atom stereocenters. The minimum atomic E-state index is -1.26. The Kier molecular flexibility index (Phi) is 8.16. The van der Waals surface area contributed by atoms with Crippen LogP contribution in [0.1, 0.15) is 33.5 Å². The fourth-order valence-electron chi connectivity index (χ4n) is 6.15. The summed E-state index contributed by atoms with van der Waals surface area (Å²) in [6.45, 7) is 0. The second kappa shape index (κ2) is 12.5. The number of benzene rings is 5. The lowest BCUT2D eigenvalue weighted by Crippen LogP contribution is -2.54. The Labute approximate surface area is 262 Å².